The highest BCUT2D eigenvalue weighted by molar-refractivity contribution is 6.31. The molecule has 0 aliphatic heterocycles. The molecule has 0 spiro atoms. The van der Waals surface area contributed by atoms with Crippen LogP contribution in [0.5, 0.6) is 0 Å². The zero-order valence-corrected chi connectivity index (χ0v) is 10.6. The molecule has 0 aliphatic carbocycles. The third kappa shape index (κ3) is 3.22. The summed E-state index contributed by atoms with van der Waals surface area (Å²) in [5.74, 6) is -0.0464. The van der Waals surface area contributed by atoms with Gasteiger partial charge in [0, 0.05) is 11.6 Å². The normalized spacial score (nSPS) is 11.2. The zero-order valence-electron chi connectivity index (χ0n) is 9.80. The van der Waals surface area contributed by atoms with Crippen LogP contribution in [0.15, 0.2) is 24.3 Å². The number of nitrogens with one attached hydrogen (secondary N) is 2. The Balaban J connectivity index is 2.59. The van der Waals surface area contributed by atoms with Gasteiger partial charge in [0.05, 0.1) is 5.54 Å². The van der Waals surface area contributed by atoms with Gasteiger partial charge in [-0.15, -0.1) is 0 Å². The van der Waals surface area contributed by atoms with Crippen LogP contribution in [0.1, 0.15) is 19.4 Å². The lowest BCUT2D eigenvalue weighted by molar-refractivity contribution is -0.126. The second-order valence-electron chi connectivity index (χ2n) is 4.15. The van der Waals surface area contributed by atoms with Gasteiger partial charge >= 0.3 is 0 Å². The van der Waals surface area contributed by atoms with Gasteiger partial charge in [-0.2, -0.15) is 0 Å². The number of hydrogen-bond donors (Lipinski definition) is 2. The third-order valence-electron chi connectivity index (χ3n) is 2.59. The van der Waals surface area contributed by atoms with E-state index in [-0.39, 0.29) is 5.91 Å². The smallest absolute Gasteiger partial charge is 0.239 e. The Morgan fingerprint density at radius 1 is 1.38 bits per heavy atom. The summed E-state index contributed by atoms with van der Waals surface area (Å²) in [4.78, 5) is 11.8. The Morgan fingerprint density at radius 2 is 2.00 bits per heavy atom. The minimum atomic E-state index is -0.568. The molecule has 0 bridgehead atoms. The number of likely N-dealkylation sites (N-methyl/N-ethyl adjacent to an activating group) is 1. The highest BCUT2D eigenvalue weighted by atomic mass is 35.5. The number of hydrogen-bond acceptors (Lipinski definition) is 2. The molecule has 16 heavy (non-hydrogen) atoms. The standard InChI is InChI=1S/C12H17ClN2O/c1-12(2,14-3)11(16)15-8-9-6-4-5-7-10(9)13/h4-7,14H,8H2,1-3H3,(H,15,16). The molecule has 1 amide bonds. The monoisotopic (exact) mass is 240 g/mol. The lowest BCUT2D eigenvalue weighted by Gasteiger charge is -2.22. The Labute approximate surface area is 101 Å². The highest BCUT2D eigenvalue weighted by Crippen LogP contribution is 2.14. The minimum absolute atomic E-state index is 0.0464. The summed E-state index contributed by atoms with van der Waals surface area (Å²) in [6, 6.07) is 7.48. The maximum Gasteiger partial charge on any atom is 0.239 e. The zero-order chi connectivity index (χ0) is 12.2. The number of rotatable bonds is 4. The van der Waals surface area contributed by atoms with Crippen molar-refractivity contribution in [1.29, 1.82) is 0 Å². The molecule has 1 aromatic carbocycles. The molecule has 0 unspecified atom stereocenters. The van der Waals surface area contributed by atoms with Gasteiger partial charge in [-0.25, -0.2) is 0 Å². The summed E-state index contributed by atoms with van der Waals surface area (Å²) in [5.41, 5.74) is 0.353. The number of carbonyl (C=O) groups excluding carboxylic acids is 1. The van der Waals surface area contributed by atoms with Crippen molar-refractivity contribution in [3.05, 3.63) is 34.9 Å². The summed E-state index contributed by atoms with van der Waals surface area (Å²) in [5, 5.41) is 6.46. The molecule has 0 saturated heterocycles. The van der Waals surface area contributed by atoms with Crippen LogP contribution < -0.4 is 10.6 Å². The van der Waals surface area contributed by atoms with Gasteiger partial charge < -0.3 is 10.6 Å². The molecule has 0 heterocycles. The van der Waals surface area contributed by atoms with Crippen molar-refractivity contribution >= 4 is 17.5 Å². The van der Waals surface area contributed by atoms with Crippen molar-refractivity contribution in [2.45, 2.75) is 25.9 Å². The van der Waals surface area contributed by atoms with E-state index in [1.54, 1.807) is 7.05 Å². The first-order valence-electron chi connectivity index (χ1n) is 5.18. The molecule has 88 valence electrons. The first kappa shape index (κ1) is 13.0. The third-order valence-corrected chi connectivity index (χ3v) is 2.96. The molecule has 1 rings (SSSR count). The van der Waals surface area contributed by atoms with Crippen LogP contribution in [-0.4, -0.2) is 18.5 Å². The average molecular weight is 241 g/mol. The first-order chi connectivity index (χ1) is 7.47. The van der Waals surface area contributed by atoms with Crippen LogP contribution in [0.25, 0.3) is 0 Å². The van der Waals surface area contributed by atoms with E-state index >= 15 is 0 Å². The van der Waals surface area contributed by atoms with Gasteiger partial charge in [0.1, 0.15) is 0 Å². The van der Waals surface area contributed by atoms with Gasteiger partial charge in [0.15, 0.2) is 0 Å². The van der Waals surface area contributed by atoms with Gasteiger partial charge in [0.25, 0.3) is 0 Å². The van der Waals surface area contributed by atoms with Crippen molar-refractivity contribution in [2.75, 3.05) is 7.05 Å². The van der Waals surface area contributed by atoms with E-state index < -0.39 is 5.54 Å². The highest BCUT2D eigenvalue weighted by Gasteiger charge is 2.24. The number of amides is 1. The SMILES string of the molecule is CNC(C)(C)C(=O)NCc1ccccc1Cl. The molecule has 0 aliphatic rings. The van der Waals surface area contributed by atoms with Crippen molar-refractivity contribution in [3.63, 3.8) is 0 Å². The Bertz CT molecular complexity index is 377. The second kappa shape index (κ2) is 5.32. The van der Waals surface area contributed by atoms with Gasteiger partial charge in [-0.1, -0.05) is 29.8 Å². The summed E-state index contributed by atoms with van der Waals surface area (Å²) >= 11 is 5.99. The summed E-state index contributed by atoms with van der Waals surface area (Å²) in [6.07, 6.45) is 0. The van der Waals surface area contributed by atoms with Crippen LogP contribution in [-0.2, 0) is 11.3 Å². The predicted octanol–water partition coefficient (Wildman–Crippen LogP) is 1.95. The van der Waals surface area contributed by atoms with E-state index in [2.05, 4.69) is 10.6 Å². The Morgan fingerprint density at radius 3 is 2.56 bits per heavy atom. The largest absolute Gasteiger partial charge is 0.350 e. The fourth-order valence-corrected chi connectivity index (χ4v) is 1.35. The summed E-state index contributed by atoms with van der Waals surface area (Å²) < 4.78 is 0. The number of halogens is 1. The van der Waals surface area contributed by atoms with Crippen LogP contribution >= 0.6 is 11.6 Å². The van der Waals surface area contributed by atoms with E-state index in [4.69, 9.17) is 11.6 Å². The Kier molecular flexibility index (Phi) is 4.33. The minimum Gasteiger partial charge on any atom is -0.350 e. The topological polar surface area (TPSA) is 41.1 Å². The molecular formula is C12H17ClN2O. The number of carbonyl (C=O) groups is 1. The van der Waals surface area contributed by atoms with E-state index in [0.29, 0.717) is 11.6 Å². The quantitative estimate of drug-likeness (QED) is 0.845. The molecule has 2 N–H and O–H groups in total. The average Bonchev–Trinajstić information content (AvgIpc) is 2.27. The van der Waals surface area contributed by atoms with E-state index in [9.17, 15) is 4.79 Å². The molecule has 0 fully saturated rings. The molecular weight excluding hydrogens is 224 g/mol. The maximum absolute atomic E-state index is 11.8. The fraction of sp³-hybridized carbons (Fsp3) is 0.417. The molecule has 1 aromatic rings. The molecule has 0 atom stereocenters. The van der Waals surface area contributed by atoms with E-state index in [1.165, 1.54) is 0 Å². The molecule has 0 aromatic heterocycles. The van der Waals surface area contributed by atoms with Crippen molar-refractivity contribution in [2.24, 2.45) is 0 Å². The van der Waals surface area contributed by atoms with E-state index in [1.807, 2.05) is 38.1 Å². The lowest BCUT2D eigenvalue weighted by atomic mass is 10.1. The molecule has 0 radical (unpaired) electrons. The van der Waals surface area contributed by atoms with Gasteiger partial charge in [-0.05, 0) is 32.5 Å². The maximum atomic E-state index is 11.8. The van der Waals surface area contributed by atoms with Gasteiger partial charge in [-0.3, -0.25) is 4.79 Å². The molecule has 3 nitrogen and oxygen atoms in total. The predicted molar refractivity (Wildman–Crippen MR) is 66.4 cm³/mol. The number of benzene rings is 1. The van der Waals surface area contributed by atoms with Crippen LogP contribution in [0, 0.1) is 0 Å². The first-order valence-corrected chi connectivity index (χ1v) is 5.56. The van der Waals surface area contributed by atoms with Crippen molar-refractivity contribution < 1.29 is 4.79 Å². The summed E-state index contributed by atoms with van der Waals surface area (Å²) in [7, 11) is 1.76. The van der Waals surface area contributed by atoms with Crippen molar-refractivity contribution in [3.8, 4) is 0 Å². The van der Waals surface area contributed by atoms with Gasteiger partial charge in [0.2, 0.25) is 5.91 Å². The van der Waals surface area contributed by atoms with Crippen LogP contribution in [0.2, 0.25) is 5.02 Å². The van der Waals surface area contributed by atoms with Crippen molar-refractivity contribution in [1.82, 2.24) is 10.6 Å². The Hall–Kier alpha value is -1.06. The fourth-order valence-electron chi connectivity index (χ4n) is 1.15. The second-order valence-corrected chi connectivity index (χ2v) is 4.56. The molecule has 4 heteroatoms. The van der Waals surface area contributed by atoms with Crippen LogP contribution in [0.3, 0.4) is 0 Å². The molecule has 0 saturated carbocycles. The van der Waals surface area contributed by atoms with E-state index in [0.717, 1.165) is 5.56 Å². The lowest BCUT2D eigenvalue weighted by Crippen LogP contribution is -2.50. The van der Waals surface area contributed by atoms with Crippen LogP contribution in [0.4, 0.5) is 0 Å². The summed E-state index contributed by atoms with van der Waals surface area (Å²) in [6.45, 7) is 4.10.